The van der Waals surface area contributed by atoms with Crippen LogP contribution in [-0.4, -0.2) is 48.4 Å². The number of benzene rings is 1. The predicted octanol–water partition coefficient (Wildman–Crippen LogP) is 1.85. The molecular formula is C17H24FIN6O4S. The molecule has 1 heterocycles. The SMILES string of the molecule is CCNC(=NCc1cc(F)ccc1CS(C)(=O)=O)NCCn1cc([N+](=O)[O-])cn1.I. The molecule has 0 unspecified atom stereocenters. The average molecular weight is 554 g/mol. The van der Waals surface area contributed by atoms with Gasteiger partial charge in [-0.05, 0) is 30.2 Å². The molecule has 13 heteroatoms. The summed E-state index contributed by atoms with van der Waals surface area (Å²) in [5, 5.41) is 20.7. The highest BCUT2D eigenvalue weighted by Crippen LogP contribution is 2.15. The summed E-state index contributed by atoms with van der Waals surface area (Å²) in [6, 6.07) is 3.95. The number of nitro groups is 1. The van der Waals surface area contributed by atoms with Gasteiger partial charge in [-0.15, -0.1) is 24.0 Å². The van der Waals surface area contributed by atoms with E-state index in [0.717, 1.165) is 6.26 Å². The third-order valence-corrected chi connectivity index (χ3v) is 4.64. The monoisotopic (exact) mass is 554 g/mol. The van der Waals surface area contributed by atoms with Gasteiger partial charge < -0.3 is 10.6 Å². The summed E-state index contributed by atoms with van der Waals surface area (Å²) in [7, 11) is -3.27. The molecule has 0 aliphatic rings. The summed E-state index contributed by atoms with van der Waals surface area (Å²) in [6.45, 7) is 3.32. The first-order valence-electron chi connectivity index (χ1n) is 8.82. The molecule has 2 rings (SSSR count). The minimum atomic E-state index is -3.27. The Morgan fingerprint density at radius 3 is 2.67 bits per heavy atom. The molecular weight excluding hydrogens is 530 g/mol. The number of hydrogen-bond donors (Lipinski definition) is 2. The van der Waals surface area contributed by atoms with E-state index in [-0.39, 0.29) is 42.0 Å². The number of nitrogens with zero attached hydrogens (tertiary/aromatic N) is 4. The van der Waals surface area contributed by atoms with E-state index in [4.69, 9.17) is 0 Å². The second-order valence-corrected chi connectivity index (χ2v) is 8.46. The Hall–Kier alpha value is -2.29. The van der Waals surface area contributed by atoms with Crippen LogP contribution in [-0.2, 0) is 28.7 Å². The zero-order valence-corrected chi connectivity index (χ0v) is 19.7. The third kappa shape index (κ3) is 8.61. The van der Waals surface area contributed by atoms with Crippen molar-refractivity contribution in [2.24, 2.45) is 4.99 Å². The standard InChI is InChI=1S/C17H23FN6O4S.HI/c1-3-19-17(20-6-7-23-11-16(10-22-23)24(25)26)21-9-14-8-15(18)5-4-13(14)12-29(2,27)28;/h4-5,8,10-11H,3,6-7,9,12H2,1-2H3,(H2,19,20,21);1H. The van der Waals surface area contributed by atoms with E-state index in [1.807, 2.05) is 6.92 Å². The molecule has 10 nitrogen and oxygen atoms in total. The summed E-state index contributed by atoms with van der Waals surface area (Å²) in [6.07, 6.45) is 3.62. The zero-order valence-electron chi connectivity index (χ0n) is 16.5. The lowest BCUT2D eigenvalue weighted by atomic mass is 10.1. The van der Waals surface area contributed by atoms with Crippen molar-refractivity contribution in [3.63, 3.8) is 0 Å². The van der Waals surface area contributed by atoms with Crippen molar-refractivity contribution in [1.29, 1.82) is 0 Å². The molecule has 0 amide bonds. The second-order valence-electron chi connectivity index (χ2n) is 6.32. The van der Waals surface area contributed by atoms with Gasteiger partial charge in [0.05, 0.1) is 23.8 Å². The Kier molecular flexibility index (Phi) is 10.1. The van der Waals surface area contributed by atoms with E-state index in [2.05, 4.69) is 20.7 Å². The van der Waals surface area contributed by atoms with Crippen molar-refractivity contribution >= 4 is 45.5 Å². The van der Waals surface area contributed by atoms with E-state index in [1.54, 1.807) is 0 Å². The normalized spacial score (nSPS) is 11.6. The Labute approximate surface area is 191 Å². The van der Waals surface area contributed by atoms with E-state index >= 15 is 0 Å². The van der Waals surface area contributed by atoms with Gasteiger partial charge in [-0.3, -0.25) is 14.8 Å². The number of aromatic nitrogens is 2. The Bertz CT molecular complexity index is 996. The summed E-state index contributed by atoms with van der Waals surface area (Å²) in [5.41, 5.74) is 0.891. The van der Waals surface area contributed by atoms with E-state index in [1.165, 1.54) is 35.3 Å². The van der Waals surface area contributed by atoms with Crippen molar-refractivity contribution in [3.05, 3.63) is 57.7 Å². The van der Waals surface area contributed by atoms with Gasteiger partial charge >= 0.3 is 5.69 Å². The highest BCUT2D eigenvalue weighted by atomic mass is 127. The van der Waals surface area contributed by atoms with Crippen LogP contribution in [0.15, 0.2) is 35.6 Å². The zero-order chi connectivity index (χ0) is 21.4. The quantitative estimate of drug-likeness (QED) is 0.159. The van der Waals surface area contributed by atoms with Gasteiger partial charge in [0.1, 0.15) is 18.2 Å². The Morgan fingerprint density at radius 1 is 1.33 bits per heavy atom. The molecule has 0 bridgehead atoms. The lowest BCUT2D eigenvalue weighted by Gasteiger charge is -2.12. The van der Waals surface area contributed by atoms with Crippen LogP contribution in [0, 0.1) is 15.9 Å². The largest absolute Gasteiger partial charge is 0.357 e. The van der Waals surface area contributed by atoms with Crippen molar-refractivity contribution in [3.8, 4) is 0 Å². The van der Waals surface area contributed by atoms with Crippen LogP contribution < -0.4 is 10.6 Å². The van der Waals surface area contributed by atoms with Crippen molar-refractivity contribution < 1.29 is 17.7 Å². The summed E-state index contributed by atoms with van der Waals surface area (Å²) in [4.78, 5) is 14.5. The van der Waals surface area contributed by atoms with Gasteiger partial charge in [0.15, 0.2) is 15.8 Å². The summed E-state index contributed by atoms with van der Waals surface area (Å²) >= 11 is 0. The summed E-state index contributed by atoms with van der Waals surface area (Å²) < 4.78 is 38.2. The van der Waals surface area contributed by atoms with Crippen LogP contribution >= 0.6 is 24.0 Å². The molecule has 0 saturated heterocycles. The smallest absolute Gasteiger partial charge is 0.306 e. The number of rotatable bonds is 9. The highest BCUT2D eigenvalue weighted by molar-refractivity contribution is 14.0. The van der Waals surface area contributed by atoms with Gasteiger partial charge in [0, 0.05) is 19.3 Å². The first-order chi connectivity index (χ1) is 13.7. The van der Waals surface area contributed by atoms with Crippen molar-refractivity contribution in [2.75, 3.05) is 19.3 Å². The van der Waals surface area contributed by atoms with Crippen LogP contribution in [0.3, 0.4) is 0 Å². The minimum absolute atomic E-state index is 0. The maximum atomic E-state index is 13.6. The topological polar surface area (TPSA) is 132 Å². The number of nitrogens with one attached hydrogen (secondary N) is 2. The fraction of sp³-hybridized carbons (Fsp3) is 0.412. The Morgan fingerprint density at radius 2 is 2.07 bits per heavy atom. The highest BCUT2D eigenvalue weighted by Gasteiger charge is 2.11. The van der Waals surface area contributed by atoms with Gasteiger partial charge in [0.25, 0.3) is 0 Å². The van der Waals surface area contributed by atoms with E-state index < -0.39 is 20.6 Å². The molecule has 0 saturated carbocycles. The third-order valence-electron chi connectivity index (χ3n) is 3.80. The number of aliphatic imine (C=N–C) groups is 1. The Balaban J connectivity index is 0.00000450. The van der Waals surface area contributed by atoms with Crippen molar-refractivity contribution in [2.45, 2.75) is 25.8 Å². The minimum Gasteiger partial charge on any atom is -0.357 e. The number of sulfone groups is 1. The molecule has 0 spiro atoms. The van der Waals surface area contributed by atoms with Crippen LogP contribution in [0.2, 0.25) is 0 Å². The van der Waals surface area contributed by atoms with Crippen LogP contribution in [0.4, 0.5) is 10.1 Å². The number of guanidine groups is 1. The molecule has 2 N–H and O–H groups in total. The van der Waals surface area contributed by atoms with Gasteiger partial charge in [-0.1, -0.05) is 6.07 Å². The fourth-order valence-electron chi connectivity index (χ4n) is 2.53. The second kappa shape index (κ2) is 11.8. The van der Waals surface area contributed by atoms with Gasteiger partial charge in [0.2, 0.25) is 0 Å². The number of halogens is 2. The molecule has 0 aliphatic carbocycles. The predicted molar refractivity (Wildman–Crippen MR) is 122 cm³/mol. The lowest BCUT2D eigenvalue weighted by molar-refractivity contribution is -0.385. The fourth-order valence-corrected chi connectivity index (χ4v) is 3.38. The van der Waals surface area contributed by atoms with Crippen LogP contribution in [0.1, 0.15) is 18.1 Å². The first-order valence-corrected chi connectivity index (χ1v) is 10.9. The number of hydrogen-bond acceptors (Lipinski definition) is 6. The lowest BCUT2D eigenvalue weighted by Crippen LogP contribution is -2.38. The average Bonchev–Trinajstić information content (AvgIpc) is 3.10. The van der Waals surface area contributed by atoms with Crippen LogP contribution in [0.25, 0.3) is 0 Å². The first kappa shape index (κ1) is 25.7. The maximum Gasteiger partial charge on any atom is 0.306 e. The summed E-state index contributed by atoms with van der Waals surface area (Å²) in [5.74, 6) is -0.213. The molecule has 2 aromatic rings. The molecule has 1 aromatic heterocycles. The van der Waals surface area contributed by atoms with E-state index in [0.29, 0.717) is 36.7 Å². The molecule has 0 fully saturated rings. The van der Waals surface area contributed by atoms with Gasteiger partial charge in [-0.2, -0.15) is 5.10 Å². The molecule has 30 heavy (non-hydrogen) atoms. The molecule has 0 radical (unpaired) electrons. The van der Waals surface area contributed by atoms with Crippen LogP contribution in [0.5, 0.6) is 0 Å². The van der Waals surface area contributed by atoms with Gasteiger partial charge in [-0.25, -0.2) is 17.8 Å². The van der Waals surface area contributed by atoms with E-state index in [9.17, 15) is 22.9 Å². The maximum absolute atomic E-state index is 13.6. The molecule has 0 atom stereocenters. The molecule has 0 aliphatic heterocycles. The molecule has 1 aromatic carbocycles. The molecule has 166 valence electrons. The van der Waals surface area contributed by atoms with Crippen molar-refractivity contribution in [1.82, 2.24) is 20.4 Å².